The fourth-order valence-electron chi connectivity index (χ4n) is 9.64. The van der Waals surface area contributed by atoms with Gasteiger partial charge in [-0.2, -0.15) is 0 Å². The molecule has 3 fully saturated rings. The van der Waals surface area contributed by atoms with Gasteiger partial charge in [0.1, 0.15) is 0 Å². The SMILES string of the molecule is C/C=C(/CC[C@@H](C)[C@H]1CC[C@@H]2[C@]1(C)CC[C@H]1[C@@]2(C)CC=C2C[C@@H](O)CC[C@@]21C)C(C)C. The van der Waals surface area contributed by atoms with E-state index < -0.39 is 0 Å². The lowest BCUT2D eigenvalue weighted by Gasteiger charge is -2.63. The molecule has 0 unspecified atom stereocenters. The lowest BCUT2D eigenvalue weighted by Crippen LogP contribution is -2.56. The molecule has 0 radical (unpaired) electrons. The first kappa shape index (κ1) is 23.6. The largest absolute Gasteiger partial charge is 0.393 e. The molecule has 31 heavy (non-hydrogen) atoms. The van der Waals surface area contributed by atoms with Gasteiger partial charge in [-0.15, -0.1) is 0 Å². The van der Waals surface area contributed by atoms with Gasteiger partial charge in [-0.1, -0.05) is 64.8 Å². The van der Waals surface area contributed by atoms with E-state index in [4.69, 9.17) is 0 Å². The van der Waals surface area contributed by atoms with Gasteiger partial charge in [0.25, 0.3) is 0 Å². The zero-order valence-corrected chi connectivity index (χ0v) is 21.6. The minimum Gasteiger partial charge on any atom is -0.393 e. The standard InChI is InChI=1S/C30H50O/c1-8-22(20(2)3)10-9-21(4)25-11-12-26-29(25,6)18-15-27-28(5)17-14-24(31)19-23(28)13-16-30(26,27)7/h8,13,20-21,24-27,31H,9-12,14-19H2,1-7H3/b22-8-/t21-,24+,25-,26-,27-,28+,29-,30+/m1/s1. The molecule has 0 spiro atoms. The van der Waals surface area contributed by atoms with Gasteiger partial charge in [-0.05, 0) is 117 Å². The van der Waals surface area contributed by atoms with Crippen LogP contribution in [0.15, 0.2) is 23.3 Å². The summed E-state index contributed by atoms with van der Waals surface area (Å²) in [6.45, 7) is 17.4. The highest BCUT2D eigenvalue weighted by molar-refractivity contribution is 5.28. The van der Waals surface area contributed by atoms with Crippen LogP contribution in [0.5, 0.6) is 0 Å². The molecular formula is C30H50O. The molecule has 0 aliphatic heterocycles. The number of rotatable bonds is 5. The van der Waals surface area contributed by atoms with Crippen molar-refractivity contribution < 1.29 is 5.11 Å². The number of hydrogen-bond acceptors (Lipinski definition) is 1. The molecular weight excluding hydrogens is 376 g/mol. The first-order chi connectivity index (χ1) is 14.6. The molecule has 0 heterocycles. The summed E-state index contributed by atoms with van der Waals surface area (Å²) in [7, 11) is 0. The zero-order chi connectivity index (χ0) is 22.6. The van der Waals surface area contributed by atoms with Crippen LogP contribution < -0.4 is 0 Å². The maximum atomic E-state index is 10.3. The zero-order valence-electron chi connectivity index (χ0n) is 21.6. The van der Waals surface area contributed by atoms with E-state index in [9.17, 15) is 5.11 Å². The van der Waals surface area contributed by atoms with Crippen molar-refractivity contribution in [2.45, 2.75) is 119 Å². The number of aliphatic hydroxyl groups is 1. The Hall–Kier alpha value is -0.560. The summed E-state index contributed by atoms with van der Waals surface area (Å²) in [6, 6.07) is 0. The first-order valence-electron chi connectivity index (χ1n) is 13.6. The fraction of sp³-hybridized carbons (Fsp3) is 0.867. The number of aliphatic hydroxyl groups excluding tert-OH is 1. The third kappa shape index (κ3) is 3.70. The number of hydrogen-bond donors (Lipinski definition) is 1. The molecule has 4 rings (SSSR count). The molecule has 1 heteroatoms. The quantitative estimate of drug-likeness (QED) is 0.438. The van der Waals surface area contributed by atoms with Crippen LogP contribution in [0.3, 0.4) is 0 Å². The maximum absolute atomic E-state index is 10.3. The molecule has 0 aromatic rings. The highest BCUT2D eigenvalue weighted by Crippen LogP contribution is 2.71. The summed E-state index contributed by atoms with van der Waals surface area (Å²) in [5, 5.41) is 10.3. The van der Waals surface area contributed by atoms with Crippen molar-refractivity contribution in [1.29, 1.82) is 0 Å². The van der Waals surface area contributed by atoms with Crippen molar-refractivity contribution in [2.75, 3.05) is 0 Å². The second-order valence-electron chi connectivity index (χ2n) is 13.1. The van der Waals surface area contributed by atoms with Crippen LogP contribution in [0.2, 0.25) is 0 Å². The fourth-order valence-corrected chi connectivity index (χ4v) is 9.64. The van der Waals surface area contributed by atoms with Gasteiger partial charge >= 0.3 is 0 Å². The third-order valence-corrected chi connectivity index (χ3v) is 11.4. The van der Waals surface area contributed by atoms with Crippen LogP contribution in [0.1, 0.15) is 113 Å². The van der Waals surface area contributed by atoms with Gasteiger partial charge < -0.3 is 5.11 Å². The van der Waals surface area contributed by atoms with Crippen molar-refractivity contribution >= 4 is 0 Å². The van der Waals surface area contributed by atoms with Crippen LogP contribution in [0.25, 0.3) is 0 Å². The third-order valence-electron chi connectivity index (χ3n) is 11.4. The number of allylic oxidation sites excluding steroid dienone is 3. The summed E-state index contributed by atoms with van der Waals surface area (Å²) in [5.41, 5.74) is 4.57. The highest BCUT2D eigenvalue weighted by Gasteiger charge is 2.63. The Morgan fingerprint density at radius 1 is 1.03 bits per heavy atom. The van der Waals surface area contributed by atoms with Gasteiger partial charge in [-0.3, -0.25) is 0 Å². The second kappa shape index (κ2) is 8.34. The number of fused-ring (bicyclic) bond motifs is 5. The normalized spacial score (nSPS) is 46.2. The first-order valence-corrected chi connectivity index (χ1v) is 13.6. The minimum atomic E-state index is -0.0952. The Bertz CT molecular complexity index is 731. The summed E-state index contributed by atoms with van der Waals surface area (Å²) in [5.74, 6) is 4.11. The Balaban J connectivity index is 1.54. The molecule has 0 aromatic heterocycles. The molecule has 1 nitrogen and oxygen atoms in total. The minimum absolute atomic E-state index is 0.0952. The molecule has 0 amide bonds. The van der Waals surface area contributed by atoms with Gasteiger partial charge in [-0.25, -0.2) is 0 Å². The van der Waals surface area contributed by atoms with E-state index in [1.54, 1.807) is 11.1 Å². The van der Waals surface area contributed by atoms with E-state index in [0.29, 0.717) is 22.2 Å². The summed E-state index contributed by atoms with van der Waals surface area (Å²) in [4.78, 5) is 0. The molecule has 4 aliphatic carbocycles. The average molecular weight is 427 g/mol. The lowest BCUT2D eigenvalue weighted by molar-refractivity contribution is -0.114. The van der Waals surface area contributed by atoms with Crippen LogP contribution in [-0.4, -0.2) is 11.2 Å². The van der Waals surface area contributed by atoms with Crippen molar-refractivity contribution in [3.8, 4) is 0 Å². The van der Waals surface area contributed by atoms with Crippen LogP contribution in [-0.2, 0) is 0 Å². The van der Waals surface area contributed by atoms with E-state index in [1.165, 1.54) is 51.4 Å². The Labute approximate surface area is 193 Å². The van der Waals surface area contributed by atoms with Crippen LogP contribution in [0, 0.1) is 45.8 Å². The van der Waals surface area contributed by atoms with Crippen molar-refractivity contribution in [3.63, 3.8) is 0 Å². The summed E-state index contributed by atoms with van der Waals surface area (Å²) >= 11 is 0. The van der Waals surface area contributed by atoms with Crippen molar-refractivity contribution in [2.24, 2.45) is 45.8 Å². The molecule has 0 bridgehead atoms. The molecule has 0 saturated heterocycles. The predicted molar refractivity (Wildman–Crippen MR) is 133 cm³/mol. The van der Waals surface area contributed by atoms with Crippen LogP contribution >= 0.6 is 0 Å². The van der Waals surface area contributed by atoms with Crippen molar-refractivity contribution in [1.82, 2.24) is 0 Å². The Morgan fingerprint density at radius 2 is 1.77 bits per heavy atom. The van der Waals surface area contributed by atoms with Gasteiger partial charge in [0.2, 0.25) is 0 Å². The average Bonchev–Trinajstić information content (AvgIpc) is 3.07. The predicted octanol–water partition coefficient (Wildman–Crippen LogP) is 8.34. The van der Waals surface area contributed by atoms with Gasteiger partial charge in [0.05, 0.1) is 6.10 Å². The van der Waals surface area contributed by atoms with Gasteiger partial charge in [0, 0.05) is 0 Å². The summed E-state index contributed by atoms with van der Waals surface area (Å²) in [6.07, 6.45) is 17.7. The molecule has 8 atom stereocenters. The molecule has 3 saturated carbocycles. The summed E-state index contributed by atoms with van der Waals surface area (Å²) < 4.78 is 0. The van der Waals surface area contributed by atoms with Gasteiger partial charge in [0.15, 0.2) is 0 Å². The van der Waals surface area contributed by atoms with Crippen LogP contribution in [0.4, 0.5) is 0 Å². The van der Waals surface area contributed by atoms with E-state index in [-0.39, 0.29) is 6.10 Å². The smallest absolute Gasteiger partial charge is 0.0577 e. The molecule has 4 aliphatic rings. The maximum Gasteiger partial charge on any atom is 0.0577 e. The Morgan fingerprint density at radius 3 is 2.45 bits per heavy atom. The topological polar surface area (TPSA) is 20.2 Å². The second-order valence-corrected chi connectivity index (χ2v) is 13.1. The van der Waals surface area contributed by atoms with E-state index in [0.717, 1.165) is 36.5 Å². The lowest BCUT2D eigenvalue weighted by atomic mass is 9.41. The highest BCUT2D eigenvalue weighted by atomic mass is 16.3. The Kier molecular flexibility index (Phi) is 6.35. The monoisotopic (exact) mass is 426 g/mol. The van der Waals surface area contributed by atoms with Crippen molar-refractivity contribution in [3.05, 3.63) is 23.3 Å². The van der Waals surface area contributed by atoms with E-state index >= 15 is 0 Å². The molecule has 176 valence electrons. The van der Waals surface area contributed by atoms with E-state index in [1.807, 2.05) is 0 Å². The van der Waals surface area contributed by atoms with E-state index in [2.05, 4.69) is 60.6 Å². The molecule has 0 aromatic carbocycles. The molecule has 1 N–H and O–H groups in total.